The number of nitrogens with one attached hydrogen (secondary N) is 2. The number of nitrogens with zero attached hydrogens (tertiary/aromatic N) is 1. The topological polar surface area (TPSA) is 44.4 Å². The molecule has 2 atom stereocenters. The third-order valence-electron chi connectivity index (χ3n) is 6.56. The van der Waals surface area contributed by atoms with Gasteiger partial charge in [-0.25, -0.2) is 0 Å². The second-order valence-corrected chi connectivity index (χ2v) is 8.90. The minimum absolute atomic E-state index is 0.0740. The molecule has 4 nitrogen and oxygen atoms in total. The van der Waals surface area contributed by atoms with Crippen LogP contribution in [0.4, 0.5) is 0 Å². The first-order valence-corrected chi connectivity index (χ1v) is 10.6. The normalized spacial score (nSPS) is 27.1. The molecule has 1 aromatic rings. The fraction of sp³-hybridized carbons (Fsp3) is 0.609. The third kappa shape index (κ3) is 4.44. The highest BCUT2D eigenvalue weighted by molar-refractivity contribution is 5.72. The summed E-state index contributed by atoms with van der Waals surface area (Å²) in [6.07, 6.45) is 7.51. The fourth-order valence-corrected chi connectivity index (χ4v) is 5.14. The van der Waals surface area contributed by atoms with Crippen molar-refractivity contribution in [3.05, 3.63) is 41.5 Å². The van der Waals surface area contributed by atoms with Gasteiger partial charge >= 0.3 is 0 Å². The van der Waals surface area contributed by atoms with Crippen LogP contribution in [0.5, 0.6) is 0 Å². The van der Waals surface area contributed by atoms with E-state index in [0.29, 0.717) is 17.5 Å². The smallest absolute Gasteiger partial charge is 0.216 e. The summed E-state index contributed by atoms with van der Waals surface area (Å²) in [6.45, 7) is 8.08. The van der Waals surface area contributed by atoms with Gasteiger partial charge in [-0.1, -0.05) is 48.9 Å². The van der Waals surface area contributed by atoms with Gasteiger partial charge in [-0.3, -0.25) is 4.79 Å². The SMILES string of the molecule is CC/C(=C\c1ccccc1)[C@H]1C[C@@H]1NC1CC2(C1)CN(CCNC(C)=O)C2. The molecular weight excluding hydrogens is 334 g/mol. The van der Waals surface area contributed by atoms with Gasteiger partial charge in [-0.2, -0.15) is 0 Å². The Bertz CT molecular complexity index is 685. The number of carbonyl (C=O) groups is 1. The lowest BCUT2D eigenvalue weighted by Gasteiger charge is -2.59. The Kier molecular flexibility index (Phi) is 5.38. The van der Waals surface area contributed by atoms with Gasteiger partial charge in [0, 0.05) is 45.2 Å². The van der Waals surface area contributed by atoms with Crippen LogP contribution in [0.1, 0.15) is 45.1 Å². The number of likely N-dealkylation sites (tertiary alicyclic amines) is 1. The summed E-state index contributed by atoms with van der Waals surface area (Å²) in [6, 6.07) is 12.1. The number of hydrogen-bond acceptors (Lipinski definition) is 3. The van der Waals surface area contributed by atoms with Crippen molar-refractivity contribution in [2.45, 2.75) is 51.6 Å². The van der Waals surface area contributed by atoms with Crippen LogP contribution in [0.15, 0.2) is 35.9 Å². The Labute approximate surface area is 163 Å². The quantitative estimate of drug-likeness (QED) is 0.742. The maximum absolute atomic E-state index is 10.9. The Morgan fingerprint density at radius 1 is 1.26 bits per heavy atom. The largest absolute Gasteiger partial charge is 0.355 e. The molecule has 0 radical (unpaired) electrons. The molecule has 27 heavy (non-hydrogen) atoms. The molecule has 2 aliphatic carbocycles. The lowest BCUT2D eigenvalue weighted by molar-refractivity contribution is -0.119. The van der Waals surface area contributed by atoms with E-state index in [-0.39, 0.29) is 5.91 Å². The lowest BCUT2D eigenvalue weighted by Crippen LogP contribution is -2.66. The highest BCUT2D eigenvalue weighted by atomic mass is 16.1. The van der Waals surface area contributed by atoms with E-state index in [1.54, 1.807) is 12.5 Å². The first-order chi connectivity index (χ1) is 13.1. The van der Waals surface area contributed by atoms with E-state index in [1.807, 2.05) is 0 Å². The van der Waals surface area contributed by atoms with Crippen LogP contribution in [0.2, 0.25) is 0 Å². The number of rotatable bonds is 8. The molecule has 1 saturated heterocycles. The first kappa shape index (κ1) is 18.7. The zero-order valence-corrected chi connectivity index (χ0v) is 16.7. The van der Waals surface area contributed by atoms with E-state index in [1.165, 1.54) is 37.9 Å². The van der Waals surface area contributed by atoms with E-state index in [2.05, 4.69) is 58.9 Å². The highest BCUT2D eigenvalue weighted by Gasteiger charge is 2.53. The van der Waals surface area contributed by atoms with Crippen LogP contribution in [0.25, 0.3) is 6.08 Å². The average Bonchev–Trinajstić information content (AvgIpc) is 3.35. The summed E-state index contributed by atoms with van der Waals surface area (Å²) in [5.41, 5.74) is 3.50. The molecule has 4 heteroatoms. The van der Waals surface area contributed by atoms with E-state index in [9.17, 15) is 4.79 Å². The highest BCUT2D eigenvalue weighted by Crippen LogP contribution is 2.50. The van der Waals surface area contributed by atoms with Crippen LogP contribution in [0.3, 0.4) is 0 Å². The van der Waals surface area contributed by atoms with E-state index < -0.39 is 0 Å². The van der Waals surface area contributed by atoms with Crippen molar-refractivity contribution in [1.29, 1.82) is 0 Å². The molecule has 0 unspecified atom stereocenters. The maximum atomic E-state index is 10.9. The summed E-state index contributed by atoms with van der Waals surface area (Å²) in [4.78, 5) is 13.4. The molecule has 1 aliphatic heterocycles. The molecule has 2 saturated carbocycles. The summed E-state index contributed by atoms with van der Waals surface area (Å²) >= 11 is 0. The van der Waals surface area contributed by atoms with Gasteiger partial charge in [0.25, 0.3) is 0 Å². The molecule has 3 fully saturated rings. The molecule has 1 amide bonds. The molecular formula is C23H33N3O. The van der Waals surface area contributed by atoms with Gasteiger partial charge in [0.1, 0.15) is 0 Å². The van der Waals surface area contributed by atoms with E-state index >= 15 is 0 Å². The lowest BCUT2D eigenvalue weighted by atomic mass is 9.60. The summed E-state index contributed by atoms with van der Waals surface area (Å²) in [7, 11) is 0. The predicted octanol–water partition coefficient (Wildman–Crippen LogP) is 3.06. The van der Waals surface area contributed by atoms with Crippen LogP contribution in [-0.2, 0) is 4.79 Å². The van der Waals surface area contributed by atoms with Gasteiger partial charge in [0.15, 0.2) is 0 Å². The first-order valence-electron chi connectivity index (χ1n) is 10.6. The van der Waals surface area contributed by atoms with Crippen LogP contribution < -0.4 is 10.6 Å². The second kappa shape index (κ2) is 7.76. The Balaban J connectivity index is 1.17. The van der Waals surface area contributed by atoms with Crippen LogP contribution in [0, 0.1) is 11.3 Å². The minimum atomic E-state index is 0.0740. The number of amides is 1. The number of carbonyl (C=O) groups excluding carboxylic acids is 1. The molecule has 146 valence electrons. The van der Waals surface area contributed by atoms with Crippen LogP contribution in [-0.4, -0.2) is 49.1 Å². The van der Waals surface area contributed by atoms with Gasteiger partial charge in [-0.05, 0) is 42.6 Å². The maximum Gasteiger partial charge on any atom is 0.216 e. The van der Waals surface area contributed by atoms with Crippen molar-refractivity contribution < 1.29 is 4.79 Å². The summed E-state index contributed by atoms with van der Waals surface area (Å²) in [5, 5.41) is 6.81. The van der Waals surface area contributed by atoms with E-state index in [0.717, 1.165) is 25.4 Å². The third-order valence-corrected chi connectivity index (χ3v) is 6.56. The Morgan fingerprint density at radius 2 is 2.00 bits per heavy atom. The van der Waals surface area contributed by atoms with Crippen LogP contribution >= 0.6 is 0 Å². The molecule has 1 spiro atoms. The van der Waals surface area contributed by atoms with Gasteiger partial charge in [0.2, 0.25) is 5.91 Å². The zero-order valence-electron chi connectivity index (χ0n) is 16.7. The van der Waals surface area contributed by atoms with Crippen molar-refractivity contribution in [1.82, 2.24) is 15.5 Å². The average molecular weight is 368 g/mol. The predicted molar refractivity (Wildman–Crippen MR) is 110 cm³/mol. The van der Waals surface area contributed by atoms with Crippen molar-refractivity contribution in [2.75, 3.05) is 26.2 Å². The molecule has 1 aromatic carbocycles. The van der Waals surface area contributed by atoms with Gasteiger partial charge in [0.05, 0.1) is 0 Å². The zero-order chi connectivity index (χ0) is 18.9. The molecule has 3 aliphatic rings. The summed E-state index contributed by atoms with van der Waals surface area (Å²) in [5.74, 6) is 0.812. The van der Waals surface area contributed by atoms with Crippen molar-refractivity contribution in [2.24, 2.45) is 11.3 Å². The van der Waals surface area contributed by atoms with Crippen molar-refractivity contribution in [3.63, 3.8) is 0 Å². The monoisotopic (exact) mass is 367 g/mol. The Morgan fingerprint density at radius 3 is 2.67 bits per heavy atom. The van der Waals surface area contributed by atoms with Gasteiger partial charge < -0.3 is 15.5 Å². The molecule has 2 N–H and O–H groups in total. The van der Waals surface area contributed by atoms with Crippen molar-refractivity contribution >= 4 is 12.0 Å². The minimum Gasteiger partial charge on any atom is -0.355 e. The van der Waals surface area contributed by atoms with Crippen molar-refractivity contribution in [3.8, 4) is 0 Å². The second-order valence-electron chi connectivity index (χ2n) is 8.90. The van der Waals surface area contributed by atoms with Gasteiger partial charge in [-0.15, -0.1) is 0 Å². The molecule has 0 bridgehead atoms. The Hall–Kier alpha value is -1.65. The molecule has 1 heterocycles. The summed E-state index contributed by atoms with van der Waals surface area (Å²) < 4.78 is 0. The molecule has 4 rings (SSSR count). The standard InChI is InChI=1S/C23H33N3O/c1-3-19(11-18-7-5-4-6-8-18)21-12-22(21)25-20-13-23(14-20)15-26(16-23)10-9-24-17(2)27/h4-8,11,20-22,25H,3,9-10,12-16H2,1-2H3,(H,24,27)/b19-11+/t21-,22+/m1/s1. The number of hydrogen-bond donors (Lipinski definition) is 2. The molecule has 0 aromatic heterocycles. The van der Waals surface area contributed by atoms with E-state index in [4.69, 9.17) is 0 Å². The number of benzene rings is 1. The fourth-order valence-electron chi connectivity index (χ4n) is 5.14.